The van der Waals surface area contributed by atoms with E-state index in [-0.39, 0.29) is 12.4 Å². The van der Waals surface area contributed by atoms with Crippen LogP contribution < -0.4 is 10.2 Å². The van der Waals surface area contributed by atoms with Gasteiger partial charge in [0, 0.05) is 10.6 Å². The van der Waals surface area contributed by atoms with Crippen LogP contribution in [0, 0.1) is 13.8 Å². The Morgan fingerprint density at radius 1 is 1.30 bits per heavy atom. The van der Waals surface area contributed by atoms with Gasteiger partial charge in [0.2, 0.25) is 0 Å². The highest BCUT2D eigenvalue weighted by molar-refractivity contribution is 6.31. The number of ether oxygens (including phenoxy) is 1. The monoisotopic (exact) mass is 332 g/mol. The molecule has 0 fully saturated rings. The molecule has 0 aromatic heterocycles. The third-order valence-corrected chi connectivity index (χ3v) is 3.59. The largest absolute Gasteiger partial charge is 0.507 e. The number of phenols is 1. The van der Waals surface area contributed by atoms with Crippen molar-refractivity contribution in [1.29, 1.82) is 0 Å². The third kappa shape index (κ3) is 4.72. The van der Waals surface area contributed by atoms with Crippen molar-refractivity contribution in [3.8, 4) is 11.5 Å². The van der Waals surface area contributed by atoms with Gasteiger partial charge in [-0.25, -0.2) is 5.43 Å². The summed E-state index contributed by atoms with van der Waals surface area (Å²) in [6, 6.07) is 10.4. The Morgan fingerprint density at radius 3 is 2.83 bits per heavy atom. The molecule has 1 amide bonds. The molecular weight excluding hydrogens is 316 g/mol. The summed E-state index contributed by atoms with van der Waals surface area (Å²) in [6.45, 7) is 3.47. The molecule has 2 aromatic carbocycles. The summed E-state index contributed by atoms with van der Waals surface area (Å²) in [6.07, 6.45) is 1.38. The first-order chi connectivity index (χ1) is 11.0. The first-order valence-corrected chi connectivity index (χ1v) is 7.34. The van der Waals surface area contributed by atoms with E-state index in [0.29, 0.717) is 16.3 Å². The Bertz CT molecular complexity index is 745. The smallest absolute Gasteiger partial charge is 0.277 e. The van der Waals surface area contributed by atoms with Crippen molar-refractivity contribution in [3.05, 3.63) is 58.1 Å². The number of carbonyl (C=O) groups excluding carboxylic acids is 1. The van der Waals surface area contributed by atoms with E-state index in [1.165, 1.54) is 6.21 Å². The minimum absolute atomic E-state index is 0.137. The summed E-state index contributed by atoms with van der Waals surface area (Å²) in [7, 11) is 0. The number of hydrogen-bond acceptors (Lipinski definition) is 4. The molecule has 0 aliphatic rings. The minimum atomic E-state index is -0.402. The van der Waals surface area contributed by atoms with Gasteiger partial charge in [0.1, 0.15) is 11.5 Å². The molecule has 0 saturated carbocycles. The first-order valence-electron chi connectivity index (χ1n) is 6.97. The molecule has 0 aliphatic carbocycles. The average Bonchev–Trinajstić information content (AvgIpc) is 2.52. The summed E-state index contributed by atoms with van der Waals surface area (Å²) in [4.78, 5) is 11.7. The van der Waals surface area contributed by atoms with Gasteiger partial charge in [-0.15, -0.1) is 0 Å². The molecule has 0 spiro atoms. The van der Waals surface area contributed by atoms with E-state index in [1.807, 2.05) is 6.92 Å². The second kappa shape index (κ2) is 7.65. The van der Waals surface area contributed by atoms with Gasteiger partial charge in [-0.2, -0.15) is 5.10 Å². The molecule has 2 rings (SSSR count). The van der Waals surface area contributed by atoms with Gasteiger partial charge in [-0.05, 0) is 49.2 Å². The number of hydrogen-bond donors (Lipinski definition) is 2. The van der Waals surface area contributed by atoms with Crippen LogP contribution in [0.15, 0.2) is 41.5 Å². The molecule has 0 bridgehead atoms. The van der Waals surface area contributed by atoms with Crippen molar-refractivity contribution in [2.45, 2.75) is 13.8 Å². The Morgan fingerprint density at radius 2 is 2.09 bits per heavy atom. The lowest BCUT2D eigenvalue weighted by molar-refractivity contribution is -0.123. The fourth-order valence-electron chi connectivity index (χ4n) is 1.85. The molecule has 2 aromatic rings. The highest BCUT2D eigenvalue weighted by Gasteiger charge is 2.04. The van der Waals surface area contributed by atoms with E-state index in [1.54, 1.807) is 43.3 Å². The maximum Gasteiger partial charge on any atom is 0.277 e. The zero-order chi connectivity index (χ0) is 16.8. The number of para-hydroxylation sites is 1. The summed E-state index contributed by atoms with van der Waals surface area (Å²) in [5.74, 6) is 0.293. The van der Waals surface area contributed by atoms with Crippen LogP contribution in [0.2, 0.25) is 5.02 Å². The fraction of sp³-hybridized carbons (Fsp3) is 0.176. The number of aryl methyl sites for hydroxylation is 2. The number of aromatic hydroxyl groups is 1. The van der Waals surface area contributed by atoms with Crippen LogP contribution in [0.4, 0.5) is 0 Å². The minimum Gasteiger partial charge on any atom is -0.507 e. The average molecular weight is 333 g/mol. The van der Waals surface area contributed by atoms with Crippen molar-refractivity contribution in [2.24, 2.45) is 5.10 Å². The van der Waals surface area contributed by atoms with Crippen LogP contribution in [-0.2, 0) is 4.79 Å². The van der Waals surface area contributed by atoms with Crippen LogP contribution in [0.5, 0.6) is 11.5 Å². The number of rotatable bonds is 5. The predicted octanol–water partition coefficient (Wildman–Crippen LogP) is 3.19. The molecule has 0 aliphatic heterocycles. The molecule has 0 radical (unpaired) electrons. The maximum absolute atomic E-state index is 11.7. The second-order valence-corrected chi connectivity index (χ2v) is 5.41. The second-order valence-electron chi connectivity index (χ2n) is 5.01. The number of carbonyl (C=O) groups is 1. The maximum atomic E-state index is 11.7. The predicted molar refractivity (Wildman–Crippen MR) is 90.3 cm³/mol. The molecule has 0 saturated heterocycles. The highest BCUT2D eigenvalue weighted by Crippen LogP contribution is 2.21. The lowest BCUT2D eigenvalue weighted by atomic mass is 10.1. The van der Waals surface area contributed by atoms with E-state index in [4.69, 9.17) is 16.3 Å². The van der Waals surface area contributed by atoms with E-state index in [0.717, 1.165) is 11.1 Å². The first kappa shape index (κ1) is 16.8. The van der Waals surface area contributed by atoms with E-state index >= 15 is 0 Å². The summed E-state index contributed by atoms with van der Waals surface area (Å²) in [5.41, 5.74) is 4.48. The molecule has 2 N–H and O–H groups in total. The van der Waals surface area contributed by atoms with Crippen molar-refractivity contribution >= 4 is 23.7 Å². The Kier molecular flexibility index (Phi) is 5.60. The van der Waals surface area contributed by atoms with Crippen LogP contribution in [0.3, 0.4) is 0 Å². The molecule has 5 nitrogen and oxygen atoms in total. The van der Waals surface area contributed by atoms with Crippen LogP contribution in [0.25, 0.3) is 0 Å². The zero-order valence-corrected chi connectivity index (χ0v) is 13.6. The molecule has 0 atom stereocenters. The number of halogens is 1. The van der Waals surface area contributed by atoms with Gasteiger partial charge < -0.3 is 9.84 Å². The fourth-order valence-corrected chi connectivity index (χ4v) is 1.97. The van der Waals surface area contributed by atoms with Crippen molar-refractivity contribution in [1.82, 2.24) is 5.43 Å². The van der Waals surface area contributed by atoms with Crippen molar-refractivity contribution in [3.63, 3.8) is 0 Å². The Labute approximate surface area is 139 Å². The quantitative estimate of drug-likeness (QED) is 0.652. The van der Waals surface area contributed by atoms with E-state index < -0.39 is 5.91 Å². The summed E-state index contributed by atoms with van der Waals surface area (Å²) < 4.78 is 5.36. The standard InChI is InChI=1S/C17H17ClN2O3/c1-11-4-3-5-13(17(11)22)9-19-20-16(21)10-23-14-6-7-15(18)12(2)8-14/h3-9,22H,10H2,1-2H3,(H,20,21). The van der Waals surface area contributed by atoms with Crippen molar-refractivity contribution < 1.29 is 14.6 Å². The highest BCUT2D eigenvalue weighted by atomic mass is 35.5. The molecular formula is C17H17ClN2O3. The topological polar surface area (TPSA) is 70.9 Å². The Balaban J connectivity index is 1.86. The van der Waals surface area contributed by atoms with Crippen LogP contribution >= 0.6 is 11.6 Å². The normalized spacial score (nSPS) is 10.7. The molecule has 0 unspecified atom stereocenters. The molecule has 6 heteroatoms. The van der Waals surface area contributed by atoms with Crippen LogP contribution in [0.1, 0.15) is 16.7 Å². The third-order valence-electron chi connectivity index (χ3n) is 3.16. The number of nitrogens with one attached hydrogen (secondary N) is 1. The lowest BCUT2D eigenvalue weighted by Crippen LogP contribution is -2.24. The molecule has 120 valence electrons. The summed E-state index contributed by atoms with van der Waals surface area (Å²) in [5, 5.41) is 14.3. The van der Waals surface area contributed by atoms with E-state index in [2.05, 4.69) is 10.5 Å². The molecule has 23 heavy (non-hydrogen) atoms. The number of benzene rings is 2. The van der Waals surface area contributed by atoms with Crippen LogP contribution in [-0.4, -0.2) is 23.8 Å². The molecule has 0 heterocycles. The van der Waals surface area contributed by atoms with E-state index in [9.17, 15) is 9.90 Å². The number of amides is 1. The Hall–Kier alpha value is -2.53. The van der Waals surface area contributed by atoms with Gasteiger partial charge in [0.15, 0.2) is 6.61 Å². The van der Waals surface area contributed by atoms with Gasteiger partial charge in [0.25, 0.3) is 5.91 Å². The van der Waals surface area contributed by atoms with Gasteiger partial charge in [-0.3, -0.25) is 4.79 Å². The number of phenolic OH excluding ortho intramolecular Hbond substituents is 1. The van der Waals surface area contributed by atoms with Gasteiger partial charge in [-0.1, -0.05) is 23.7 Å². The van der Waals surface area contributed by atoms with Gasteiger partial charge >= 0.3 is 0 Å². The van der Waals surface area contributed by atoms with Gasteiger partial charge in [0.05, 0.1) is 6.21 Å². The number of nitrogens with zero attached hydrogens (tertiary/aromatic N) is 1. The SMILES string of the molecule is Cc1cc(OCC(=O)NN=Cc2cccc(C)c2O)ccc1Cl. The van der Waals surface area contributed by atoms with Crippen molar-refractivity contribution in [2.75, 3.05) is 6.61 Å². The lowest BCUT2D eigenvalue weighted by Gasteiger charge is -2.06. The zero-order valence-electron chi connectivity index (χ0n) is 12.8. The number of hydrazone groups is 1. The summed E-state index contributed by atoms with van der Waals surface area (Å²) >= 11 is 5.92.